The number of benzene rings is 1. The normalized spacial score (nSPS) is 11.1. The van der Waals surface area contributed by atoms with Crippen LogP contribution in [0.2, 0.25) is 0 Å². The lowest BCUT2D eigenvalue weighted by Gasteiger charge is -2.06. The van der Waals surface area contributed by atoms with Gasteiger partial charge in [0, 0.05) is 12.4 Å². The SMILES string of the molecule is CCCCCCCCCCCCOc1ccc(/C=C/c2cccnc2)cc1. The zero-order valence-electron chi connectivity index (χ0n) is 16.9. The van der Waals surface area contributed by atoms with E-state index in [1.165, 1.54) is 63.4 Å². The average Bonchev–Trinajstić information content (AvgIpc) is 2.72. The highest BCUT2D eigenvalue weighted by atomic mass is 16.5. The third-order valence-corrected chi connectivity index (χ3v) is 4.80. The summed E-state index contributed by atoms with van der Waals surface area (Å²) >= 11 is 0. The highest BCUT2D eigenvalue weighted by Gasteiger charge is 1.96. The first-order valence-corrected chi connectivity index (χ1v) is 10.7. The van der Waals surface area contributed by atoms with Gasteiger partial charge in [0.15, 0.2) is 0 Å². The molecule has 0 fully saturated rings. The Kier molecular flexibility index (Phi) is 11.0. The van der Waals surface area contributed by atoms with Gasteiger partial charge in [0.25, 0.3) is 0 Å². The molecule has 0 aliphatic heterocycles. The van der Waals surface area contributed by atoms with Crippen molar-refractivity contribution in [3.05, 3.63) is 59.9 Å². The Morgan fingerprint density at radius 1 is 0.741 bits per heavy atom. The van der Waals surface area contributed by atoms with Gasteiger partial charge >= 0.3 is 0 Å². The van der Waals surface area contributed by atoms with Gasteiger partial charge in [-0.05, 0) is 35.7 Å². The molecule has 0 radical (unpaired) electrons. The Balaban J connectivity index is 1.52. The zero-order valence-corrected chi connectivity index (χ0v) is 16.9. The molecule has 1 heterocycles. The van der Waals surface area contributed by atoms with Crippen molar-refractivity contribution in [2.75, 3.05) is 6.61 Å². The quantitative estimate of drug-likeness (QED) is 0.322. The van der Waals surface area contributed by atoms with E-state index in [4.69, 9.17) is 4.74 Å². The number of ether oxygens (including phenoxy) is 1. The minimum Gasteiger partial charge on any atom is -0.494 e. The van der Waals surface area contributed by atoms with Crippen LogP contribution < -0.4 is 4.74 Å². The maximum absolute atomic E-state index is 5.86. The van der Waals surface area contributed by atoms with Crippen LogP contribution in [0.4, 0.5) is 0 Å². The summed E-state index contributed by atoms with van der Waals surface area (Å²) in [4.78, 5) is 4.12. The summed E-state index contributed by atoms with van der Waals surface area (Å²) in [5, 5.41) is 0. The second kappa shape index (κ2) is 14.0. The van der Waals surface area contributed by atoms with Crippen LogP contribution >= 0.6 is 0 Å². The lowest BCUT2D eigenvalue weighted by Crippen LogP contribution is -1.97. The molecule has 0 spiro atoms. The molecule has 0 saturated heterocycles. The van der Waals surface area contributed by atoms with Crippen LogP contribution in [-0.2, 0) is 0 Å². The summed E-state index contributed by atoms with van der Waals surface area (Å²) in [6.45, 7) is 3.10. The molecule has 0 saturated carbocycles. The number of pyridine rings is 1. The van der Waals surface area contributed by atoms with E-state index in [-0.39, 0.29) is 0 Å². The number of unbranched alkanes of at least 4 members (excludes halogenated alkanes) is 9. The van der Waals surface area contributed by atoms with Crippen LogP contribution in [-0.4, -0.2) is 11.6 Å². The lowest BCUT2D eigenvalue weighted by atomic mass is 10.1. The van der Waals surface area contributed by atoms with Crippen molar-refractivity contribution < 1.29 is 4.74 Å². The molecular formula is C25H35NO. The fourth-order valence-corrected chi connectivity index (χ4v) is 3.12. The fraction of sp³-hybridized carbons (Fsp3) is 0.480. The molecule has 0 aliphatic carbocycles. The monoisotopic (exact) mass is 365 g/mol. The largest absolute Gasteiger partial charge is 0.494 e. The molecule has 2 rings (SSSR count). The van der Waals surface area contributed by atoms with Crippen molar-refractivity contribution in [3.63, 3.8) is 0 Å². The smallest absolute Gasteiger partial charge is 0.119 e. The van der Waals surface area contributed by atoms with Gasteiger partial charge in [-0.15, -0.1) is 0 Å². The zero-order chi connectivity index (χ0) is 19.0. The number of hydrogen-bond donors (Lipinski definition) is 0. The van der Waals surface area contributed by atoms with E-state index in [0.29, 0.717) is 0 Å². The van der Waals surface area contributed by atoms with Gasteiger partial charge in [0.1, 0.15) is 5.75 Å². The van der Waals surface area contributed by atoms with Crippen LogP contribution in [0.5, 0.6) is 5.75 Å². The molecule has 0 amide bonds. The standard InChI is InChI=1S/C25H35NO/c1-2-3-4-5-6-7-8-9-10-11-21-27-25-18-16-23(17-19-25)14-15-24-13-12-20-26-22-24/h12-20,22H,2-11,21H2,1H3/b15-14+. The molecule has 27 heavy (non-hydrogen) atoms. The van der Waals surface area contributed by atoms with Gasteiger partial charge in [-0.3, -0.25) is 4.98 Å². The average molecular weight is 366 g/mol. The van der Waals surface area contributed by atoms with E-state index in [9.17, 15) is 0 Å². The summed E-state index contributed by atoms with van der Waals surface area (Å²) < 4.78 is 5.86. The van der Waals surface area contributed by atoms with Crippen molar-refractivity contribution in [1.29, 1.82) is 0 Å². The fourth-order valence-electron chi connectivity index (χ4n) is 3.12. The molecule has 146 valence electrons. The molecule has 0 aliphatic rings. The minimum absolute atomic E-state index is 0.821. The van der Waals surface area contributed by atoms with Gasteiger partial charge in [-0.2, -0.15) is 0 Å². The molecule has 1 aromatic carbocycles. The van der Waals surface area contributed by atoms with E-state index in [1.807, 2.05) is 18.3 Å². The number of rotatable bonds is 14. The maximum atomic E-state index is 5.86. The predicted molar refractivity (Wildman–Crippen MR) is 117 cm³/mol. The van der Waals surface area contributed by atoms with E-state index in [1.54, 1.807) is 6.20 Å². The summed E-state index contributed by atoms with van der Waals surface area (Å²) in [5.41, 5.74) is 2.28. The van der Waals surface area contributed by atoms with Crippen molar-refractivity contribution in [2.24, 2.45) is 0 Å². The Morgan fingerprint density at radius 2 is 1.37 bits per heavy atom. The minimum atomic E-state index is 0.821. The third kappa shape index (κ3) is 9.98. The van der Waals surface area contributed by atoms with Crippen LogP contribution in [0.1, 0.15) is 82.3 Å². The van der Waals surface area contributed by atoms with Gasteiger partial charge in [-0.25, -0.2) is 0 Å². The highest BCUT2D eigenvalue weighted by Crippen LogP contribution is 2.15. The van der Waals surface area contributed by atoms with Crippen LogP contribution in [0.25, 0.3) is 12.2 Å². The number of hydrogen-bond acceptors (Lipinski definition) is 2. The van der Waals surface area contributed by atoms with Crippen molar-refractivity contribution >= 4 is 12.2 Å². The van der Waals surface area contributed by atoms with Gasteiger partial charge in [0.05, 0.1) is 6.61 Å². The Labute approximate surface area is 165 Å². The van der Waals surface area contributed by atoms with E-state index in [2.05, 4.69) is 48.3 Å². The number of aromatic nitrogens is 1. The summed E-state index contributed by atoms with van der Waals surface area (Å²) in [6, 6.07) is 12.3. The van der Waals surface area contributed by atoms with E-state index < -0.39 is 0 Å². The predicted octanol–water partition coefficient (Wildman–Crippen LogP) is 7.55. The molecule has 0 unspecified atom stereocenters. The van der Waals surface area contributed by atoms with Crippen LogP contribution in [0.3, 0.4) is 0 Å². The van der Waals surface area contributed by atoms with E-state index in [0.717, 1.165) is 24.3 Å². The lowest BCUT2D eigenvalue weighted by molar-refractivity contribution is 0.304. The topological polar surface area (TPSA) is 22.1 Å². The van der Waals surface area contributed by atoms with Crippen LogP contribution in [0.15, 0.2) is 48.8 Å². The number of nitrogens with zero attached hydrogens (tertiary/aromatic N) is 1. The Hall–Kier alpha value is -2.09. The molecule has 0 N–H and O–H groups in total. The second-order valence-electron chi connectivity index (χ2n) is 7.22. The highest BCUT2D eigenvalue weighted by molar-refractivity contribution is 5.69. The molecule has 0 atom stereocenters. The summed E-state index contributed by atoms with van der Waals surface area (Å²) in [6.07, 6.45) is 21.4. The molecule has 0 bridgehead atoms. The molecule has 2 nitrogen and oxygen atoms in total. The first kappa shape index (κ1) is 21.2. The third-order valence-electron chi connectivity index (χ3n) is 4.80. The molecule has 1 aromatic heterocycles. The van der Waals surface area contributed by atoms with Gasteiger partial charge in [0.2, 0.25) is 0 Å². The first-order chi connectivity index (χ1) is 13.4. The van der Waals surface area contributed by atoms with Crippen LogP contribution in [0, 0.1) is 0 Å². The second-order valence-corrected chi connectivity index (χ2v) is 7.22. The molecular weight excluding hydrogens is 330 g/mol. The molecule has 2 heteroatoms. The van der Waals surface area contributed by atoms with Crippen molar-refractivity contribution in [3.8, 4) is 5.75 Å². The van der Waals surface area contributed by atoms with Gasteiger partial charge < -0.3 is 4.74 Å². The van der Waals surface area contributed by atoms with Crippen molar-refractivity contribution in [1.82, 2.24) is 4.98 Å². The summed E-state index contributed by atoms with van der Waals surface area (Å²) in [7, 11) is 0. The summed E-state index contributed by atoms with van der Waals surface area (Å²) in [5.74, 6) is 0.962. The van der Waals surface area contributed by atoms with Crippen molar-refractivity contribution in [2.45, 2.75) is 71.1 Å². The maximum Gasteiger partial charge on any atom is 0.119 e. The van der Waals surface area contributed by atoms with E-state index >= 15 is 0 Å². The van der Waals surface area contributed by atoms with Gasteiger partial charge in [-0.1, -0.05) is 95.1 Å². The molecule has 2 aromatic rings. The first-order valence-electron chi connectivity index (χ1n) is 10.7. The Bertz CT molecular complexity index is 619. The Morgan fingerprint density at radius 3 is 2.00 bits per heavy atom.